The van der Waals surface area contributed by atoms with Gasteiger partial charge in [-0.3, -0.25) is 4.79 Å². The van der Waals surface area contributed by atoms with Crippen LogP contribution in [0.15, 0.2) is 24.3 Å². The molecular formula is C14H21NO5S. The molecule has 0 amide bonds. The van der Waals surface area contributed by atoms with E-state index in [1.165, 1.54) is 0 Å². The molecule has 0 radical (unpaired) electrons. The third kappa shape index (κ3) is 6.14. The average molecular weight is 315 g/mol. The lowest BCUT2D eigenvalue weighted by atomic mass is 10.1. The van der Waals surface area contributed by atoms with Crippen molar-refractivity contribution in [3.8, 4) is 5.75 Å². The molecule has 2 N–H and O–H groups in total. The maximum atomic E-state index is 11.9. The Balaban J connectivity index is 2.69. The number of sulfonamides is 1. The highest BCUT2D eigenvalue weighted by atomic mass is 32.2. The zero-order chi connectivity index (χ0) is 15.9. The minimum atomic E-state index is -3.50. The summed E-state index contributed by atoms with van der Waals surface area (Å²) < 4.78 is 31.6. The Hall–Kier alpha value is -1.60. The number of carboxylic acids is 1. The molecule has 21 heavy (non-hydrogen) atoms. The zero-order valence-corrected chi connectivity index (χ0v) is 13.0. The van der Waals surface area contributed by atoms with Gasteiger partial charge in [0.2, 0.25) is 10.0 Å². The zero-order valence-electron chi connectivity index (χ0n) is 12.2. The maximum absolute atomic E-state index is 11.9. The normalized spacial score (nSPS) is 12.9. The standard InChI is InChI=1S/C14H21NO5S/c1-3-13(11-6-8-12(20-2)9-7-11)15-21(18,19)10-4-5-14(16)17/h6-9,13,15H,3-5,10H2,1-2H3,(H,16,17). The number of methoxy groups -OCH3 is 1. The van der Waals surface area contributed by atoms with Gasteiger partial charge in [-0.1, -0.05) is 19.1 Å². The highest BCUT2D eigenvalue weighted by molar-refractivity contribution is 7.89. The Bertz CT molecular complexity index is 553. The first-order chi connectivity index (χ1) is 9.88. The topological polar surface area (TPSA) is 92.7 Å². The van der Waals surface area contributed by atoms with E-state index in [-0.39, 0.29) is 24.6 Å². The van der Waals surface area contributed by atoms with Gasteiger partial charge in [0.1, 0.15) is 5.75 Å². The van der Waals surface area contributed by atoms with Crippen molar-refractivity contribution < 1.29 is 23.1 Å². The van der Waals surface area contributed by atoms with Crippen LogP contribution in [0, 0.1) is 0 Å². The van der Waals surface area contributed by atoms with E-state index in [0.29, 0.717) is 12.2 Å². The molecule has 0 bridgehead atoms. The Kier molecular flexibility index (Phi) is 6.64. The van der Waals surface area contributed by atoms with Crippen LogP contribution in [0.25, 0.3) is 0 Å². The van der Waals surface area contributed by atoms with Gasteiger partial charge in [-0.2, -0.15) is 0 Å². The molecule has 1 rings (SSSR count). The molecule has 0 heterocycles. The van der Waals surface area contributed by atoms with E-state index < -0.39 is 16.0 Å². The number of hydrogen-bond acceptors (Lipinski definition) is 4. The molecule has 1 aromatic carbocycles. The van der Waals surface area contributed by atoms with Crippen LogP contribution in [0.4, 0.5) is 0 Å². The summed E-state index contributed by atoms with van der Waals surface area (Å²) in [6.07, 6.45) is 0.550. The minimum Gasteiger partial charge on any atom is -0.497 e. The van der Waals surface area contributed by atoms with Crippen molar-refractivity contribution >= 4 is 16.0 Å². The molecule has 0 saturated carbocycles. The van der Waals surface area contributed by atoms with Gasteiger partial charge >= 0.3 is 5.97 Å². The Morgan fingerprint density at radius 1 is 1.33 bits per heavy atom. The molecule has 0 aliphatic rings. The molecule has 1 aromatic rings. The lowest BCUT2D eigenvalue weighted by Gasteiger charge is -2.17. The number of hydrogen-bond donors (Lipinski definition) is 2. The lowest BCUT2D eigenvalue weighted by Crippen LogP contribution is -2.30. The van der Waals surface area contributed by atoms with Crippen LogP contribution in [0.5, 0.6) is 5.75 Å². The first-order valence-corrected chi connectivity index (χ1v) is 8.39. The number of rotatable bonds is 9. The van der Waals surface area contributed by atoms with Crippen molar-refractivity contribution in [3.63, 3.8) is 0 Å². The van der Waals surface area contributed by atoms with Crippen molar-refractivity contribution in [2.75, 3.05) is 12.9 Å². The summed E-state index contributed by atoms with van der Waals surface area (Å²) in [6, 6.07) is 6.85. The fourth-order valence-corrected chi connectivity index (χ4v) is 3.29. The summed E-state index contributed by atoms with van der Waals surface area (Å²) in [5, 5.41) is 8.54. The van der Waals surface area contributed by atoms with E-state index in [0.717, 1.165) is 5.56 Å². The molecule has 0 aromatic heterocycles. The fourth-order valence-electron chi connectivity index (χ4n) is 1.91. The van der Waals surface area contributed by atoms with E-state index in [1.54, 1.807) is 19.2 Å². The molecule has 0 fully saturated rings. The molecular weight excluding hydrogens is 294 g/mol. The second kappa shape index (κ2) is 7.99. The SMILES string of the molecule is CCC(NS(=O)(=O)CCCC(=O)O)c1ccc(OC)cc1. The third-order valence-corrected chi connectivity index (χ3v) is 4.52. The highest BCUT2D eigenvalue weighted by Gasteiger charge is 2.18. The van der Waals surface area contributed by atoms with Gasteiger partial charge in [0.25, 0.3) is 0 Å². The van der Waals surface area contributed by atoms with E-state index in [4.69, 9.17) is 9.84 Å². The maximum Gasteiger partial charge on any atom is 0.303 e. The summed E-state index contributed by atoms with van der Waals surface area (Å²) in [5.41, 5.74) is 0.847. The Labute approximate surface area is 125 Å². The second-order valence-corrected chi connectivity index (χ2v) is 6.54. The molecule has 0 spiro atoms. The van der Waals surface area contributed by atoms with Gasteiger partial charge < -0.3 is 9.84 Å². The average Bonchev–Trinajstić information content (AvgIpc) is 2.44. The number of carboxylic acid groups (broad SMARTS) is 1. The van der Waals surface area contributed by atoms with Crippen LogP contribution >= 0.6 is 0 Å². The van der Waals surface area contributed by atoms with Crippen molar-refractivity contribution in [2.45, 2.75) is 32.2 Å². The van der Waals surface area contributed by atoms with Gasteiger partial charge in [0, 0.05) is 12.5 Å². The van der Waals surface area contributed by atoms with Gasteiger partial charge in [0.05, 0.1) is 12.9 Å². The van der Waals surface area contributed by atoms with Crippen LogP contribution < -0.4 is 9.46 Å². The number of aliphatic carboxylic acids is 1. The molecule has 1 unspecified atom stereocenters. The Morgan fingerprint density at radius 2 is 1.95 bits per heavy atom. The molecule has 0 aliphatic heterocycles. The van der Waals surface area contributed by atoms with Crippen LogP contribution in [0.1, 0.15) is 37.8 Å². The Morgan fingerprint density at radius 3 is 2.43 bits per heavy atom. The predicted molar refractivity (Wildman–Crippen MR) is 79.8 cm³/mol. The summed E-state index contributed by atoms with van der Waals surface area (Å²) in [4.78, 5) is 10.4. The van der Waals surface area contributed by atoms with E-state index in [2.05, 4.69) is 4.72 Å². The molecule has 0 saturated heterocycles. The predicted octanol–water partition coefficient (Wildman–Crippen LogP) is 1.93. The number of ether oxygens (including phenoxy) is 1. The highest BCUT2D eigenvalue weighted by Crippen LogP contribution is 2.21. The number of carbonyl (C=O) groups is 1. The van der Waals surface area contributed by atoms with Crippen LogP contribution in [-0.2, 0) is 14.8 Å². The molecule has 7 heteroatoms. The summed E-state index contributed by atoms with van der Waals surface area (Å²) in [7, 11) is -1.93. The molecule has 0 aliphatic carbocycles. The summed E-state index contributed by atoms with van der Waals surface area (Å²) in [6.45, 7) is 1.88. The van der Waals surface area contributed by atoms with E-state index in [9.17, 15) is 13.2 Å². The van der Waals surface area contributed by atoms with E-state index in [1.807, 2.05) is 19.1 Å². The minimum absolute atomic E-state index is 0.101. The number of nitrogens with one attached hydrogen (secondary N) is 1. The van der Waals surface area contributed by atoms with Gasteiger partial charge in [-0.05, 0) is 30.5 Å². The number of benzene rings is 1. The van der Waals surface area contributed by atoms with Crippen LogP contribution in [-0.4, -0.2) is 32.4 Å². The van der Waals surface area contributed by atoms with E-state index >= 15 is 0 Å². The van der Waals surface area contributed by atoms with Crippen molar-refractivity contribution in [1.29, 1.82) is 0 Å². The first kappa shape index (κ1) is 17.5. The lowest BCUT2D eigenvalue weighted by molar-refractivity contribution is -0.137. The van der Waals surface area contributed by atoms with Gasteiger partial charge in [-0.15, -0.1) is 0 Å². The smallest absolute Gasteiger partial charge is 0.303 e. The van der Waals surface area contributed by atoms with Crippen LogP contribution in [0.2, 0.25) is 0 Å². The van der Waals surface area contributed by atoms with Gasteiger partial charge in [-0.25, -0.2) is 13.1 Å². The molecule has 118 valence electrons. The fraction of sp³-hybridized carbons (Fsp3) is 0.500. The largest absolute Gasteiger partial charge is 0.497 e. The van der Waals surface area contributed by atoms with Crippen molar-refractivity contribution in [2.24, 2.45) is 0 Å². The first-order valence-electron chi connectivity index (χ1n) is 6.73. The molecule has 1 atom stereocenters. The van der Waals surface area contributed by atoms with Gasteiger partial charge in [0.15, 0.2) is 0 Å². The summed E-state index contributed by atoms with van der Waals surface area (Å²) in [5.74, 6) is -0.475. The monoisotopic (exact) mass is 315 g/mol. The van der Waals surface area contributed by atoms with Crippen LogP contribution in [0.3, 0.4) is 0 Å². The summed E-state index contributed by atoms with van der Waals surface area (Å²) >= 11 is 0. The molecule has 6 nitrogen and oxygen atoms in total. The third-order valence-electron chi connectivity index (χ3n) is 3.05. The quantitative estimate of drug-likeness (QED) is 0.726. The van der Waals surface area contributed by atoms with Crippen molar-refractivity contribution in [3.05, 3.63) is 29.8 Å². The second-order valence-electron chi connectivity index (χ2n) is 4.67. The van der Waals surface area contributed by atoms with Crippen molar-refractivity contribution in [1.82, 2.24) is 4.72 Å².